The summed E-state index contributed by atoms with van der Waals surface area (Å²) in [6.45, 7) is 0.813. The summed E-state index contributed by atoms with van der Waals surface area (Å²) in [5.74, 6) is 1.54. The Labute approximate surface area is 101 Å². The Balaban J connectivity index is 1.90. The van der Waals surface area contributed by atoms with E-state index < -0.39 is 0 Å². The molecule has 0 spiro atoms. The van der Waals surface area contributed by atoms with Gasteiger partial charge in [0.1, 0.15) is 0 Å². The maximum absolute atomic E-state index is 4.25. The first-order chi connectivity index (χ1) is 8.33. The Morgan fingerprint density at radius 1 is 1.59 bits per heavy atom. The average molecular weight is 236 g/mol. The summed E-state index contributed by atoms with van der Waals surface area (Å²) in [6, 6.07) is 0.676. The number of hydrogen-bond acceptors (Lipinski definition) is 3. The second-order valence-electron chi connectivity index (χ2n) is 4.19. The lowest BCUT2D eigenvalue weighted by atomic mass is 9.93. The number of H-pyrrole nitrogens is 1. The maximum Gasteiger partial charge on any atom is 0.196 e. The van der Waals surface area contributed by atoms with Gasteiger partial charge in [-0.05, 0) is 12.8 Å². The Morgan fingerprint density at radius 3 is 3.00 bits per heavy atom. The first-order valence-electron chi connectivity index (χ1n) is 6.00. The molecule has 0 aliphatic heterocycles. The molecule has 1 saturated carbocycles. The summed E-state index contributed by atoms with van der Waals surface area (Å²) in [5, 5.41) is 9.61. The summed E-state index contributed by atoms with van der Waals surface area (Å²) < 4.78 is 0. The SMILES string of the molecule is CN=C(NC)Nc1nc[nH]c1CNC1CCC1. The topological polar surface area (TPSA) is 77.1 Å². The van der Waals surface area contributed by atoms with Crippen LogP contribution in [0.4, 0.5) is 5.82 Å². The standard InChI is InChI=1S/C11H20N6/c1-12-11(13-2)17-10-9(15-7-16-10)6-14-8-4-3-5-8/h7-8,14H,3-6H2,1-2H3,(H,15,16)(H2,12,13,17). The molecule has 6 heteroatoms. The highest BCUT2D eigenvalue weighted by atomic mass is 15.2. The number of imidazole rings is 1. The highest BCUT2D eigenvalue weighted by Gasteiger charge is 2.17. The van der Waals surface area contributed by atoms with Crippen molar-refractivity contribution in [3.63, 3.8) is 0 Å². The van der Waals surface area contributed by atoms with E-state index >= 15 is 0 Å². The molecule has 1 aliphatic rings. The number of nitrogens with one attached hydrogen (secondary N) is 4. The number of rotatable bonds is 4. The van der Waals surface area contributed by atoms with Crippen LogP contribution >= 0.6 is 0 Å². The summed E-state index contributed by atoms with van der Waals surface area (Å²) in [6.07, 6.45) is 5.62. The largest absolute Gasteiger partial charge is 0.359 e. The van der Waals surface area contributed by atoms with Gasteiger partial charge < -0.3 is 20.9 Å². The number of guanidine groups is 1. The third-order valence-corrected chi connectivity index (χ3v) is 3.09. The van der Waals surface area contributed by atoms with Gasteiger partial charge in [-0.25, -0.2) is 4.98 Å². The lowest BCUT2D eigenvalue weighted by molar-refractivity contribution is 0.337. The molecule has 4 N–H and O–H groups in total. The highest BCUT2D eigenvalue weighted by Crippen LogP contribution is 2.19. The second kappa shape index (κ2) is 5.67. The minimum atomic E-state index is 0.676. The molecule has 1 aliphatic carbocycles. The molecular weight excluding hydrogens is 216 g/mol. The zero-order valence-electron chi connectivity index (χ0n) is 10.4. The van der Waals surface area contributed by atoms with Crippen molar-refractivity contribution in [2.75, 3.05) is 19.4 Å². The van der Waals surface area contributed by atoms with Crippen molar-refractivity contribution >= 4 is 11.8 Å². The van der Waals surface area contributed by atoms with Crippen molar-refractivity contribution in [3.05, 3.63) is 12.0 Å². The molecule has 1 heterocycles. The smallest absolute Gasteiger partial charge is 0.196 e. The van der Waals surface area contributed by atoms with Crippen molar-refractivity contribution < 1.29 is 0 Å². The summed E-state index contributed by atoms with van der Waals surface area (Å²) >= 11 is 0. The minimum absolute atomic E-state index is 0.676. The van der Waals surface area contributed by atoms with E-state index in [2.05, 4.69) is 30.9 Å². The molecule has 0 aromatic carbocycles. The van der Waals surface area contributed by atoms with Crippen LogP contribution in [0.1, 0.15) is 25.0 Å². The second-order valence-corrected chi connectivity index (χ2v) is 4.19. The molecule has 0 radical (unpaired) electrons. The van der Waals surface area contributed by atoms with Gasteiger partial charge in [-0.15, -0.1) is 0 Å². The number of nitrogens with zero attached hydrogens (tertiary/aromatic N) is 2. The van der Waals surface area contributed by atoms with Gasteiger partial charge >= 0.3 is 0 Å². The first kappa shape index (κ1) is 11.9. The van der Waals surface area contributed by atoms with Crippen LogP contribution in [-0.4, -0.2) is 36.1 Å². The zero-order chi connectivity index (χ0) is 12.1. The summed E-state index contributed by atoms with van der Waals surface area (Å²) in [5.41, 5.74) is 1.06. The summed E-state index contributed by atoms with van der Waals surface area (Å²) in [7, 11) is 3.56. The molecule has 0 amide bonds. The maximum atomic E-state index is 4.25. The normalized spacial score (nSPS) is 16.7. The van der Waals surface area contributed by atoms with Gasteiger partial charge in [0, 0.05) is 26.7 Å². The third kappa shape index (κ3) is 2.97. The molecule has 17 heavy (non-hydrogen) atoms. The van der Waals surface area contributed by atoms with E-state index in [9.17, 15) is 0 Å². The van der Waals surface area contributed by atoms with Crippen molar-refractivity contribution in [3.8, 4) is 0 Å². The van der Waals surface area contributed by atoms with Crippen LogP contribution in [0.2, 0.25) is 0 Å². The van der Waals surface area contributed by atoms with Gasteiger partial charge in [0.05, 0.1) is 12.0 Å². The number of hydrogen-bond donors (Lipinski definition) is 4. The molecule has 0 atom stereocenters. The fourth-order valence-electron chi connectivity index (χ4n) is 1.76. The van der Waals surface area contributed by atoms with Crippen LogP contribution in [0, 0.1) is 0 Å². The van der Waals surface area contributed by atoms with E-state index in [1.165, 1.54) is 19.3 Å². The molecule has 0 saturated heterocycles. The van der Waals surface area contributed by atoms with Crippen LogP contribution in [-0.2, 0) is 6.54 Å². The molecular formula is C11H20N6. The zero-order valence-corrected chi connectivity index (χ0v) is 10.4. The molecule has 1 aromatic rings. The first-order valence-corrected chi connectivity index (χ1v) is 6.00. The van der Waals surface area contributed by atoms with Crippen LogP contribution in [0.3, 0.4) is 0 Å². The lowest BCUT2D eigenvalue weighted by Crippen LogP contribution is -2.35. The molecule has 6 nitrogen and oxygen atoms in total. The van der Waals surface area contributed by atoms with E-state index in [4.69, 9.17) is 0 Å². The van der Waals surface area contributed by atoms with E-state index in [1.807, 2.05) is 7.05 Å². The number of aliphatic imine (C=N–C) groups is 1. The van der Waals surface area contributed by atoms with E-state index in [0.717, 1.165) is 18.1 Å². The van der Waals surface area contributed by atoms with Crippen LogP contribution in [0.15, 0.2) is 11.3 Å². The predicted octanol–water partition coefficient (Wildman–Crippen LogP) is 0.669. The van der Waals surface area contributed by atoms with E-state index in [-0.39, 0.29) is 0 Å². The molecule has 1 fully saturated rings. The lowest BCUT2D eigenvalue weighted by Gasteiger charge is -2.26. The molecule has 1 aromatic heterocycles. The minimum Gasteiger partial charge on any atom is -0.359 e. The Bertz CT molecular complexity index is 379. The number of aromatic amines is 1. The van der Waals surface area contributed by atoms with E-state index in [1.54, 1.807) is 13.4 Å². The summed E-state index contributed by atoms with van der Waals surface area (Å²) in [4.78, 5) is 11.5. The molecule has 2 rings (SSSR count). The fraction of sp³-hybridized carbons (Fsp3) is 0.636. The number of anilines is 1. The van der Waals surface area contributed by atoms with Gasteiger partial charge in [0.2, 0.25) is 0 Å². The van der Waals surface area contributed by atoms with Crippen molar-refractivity contribution in [1.82, 2.24) is 20.6 Å². The predicted molar refractivity (Wildman–Crippen MR) is 69.1 cm³/mol. The molecule has 0 bridgehead atoms. The Morgan fingerprint density at radius 2 is 2.41 bits per heavy atom. The number of aromatic nitrogens is 2. The van der Waals surface area contributed by atoms with Crippen molar-refractivity contribution in [1.29, 1.82) is 0 Å². The Kier molecular flexibility index (Phi) is 3.98. The fourth-order valence-corrected chi connectivity index (χ4v) is 1.76. The van der Waals surface area contributed by atoms with Gasteiger partial charge in [-0.3, -0.25) is 4.99 Å². The monoisotopic (exact) mass is 236 g/mol. The van der Waals surface area contributed by atoms with Crippen LogP contribution in [0.5, 0.6) is 0 Å². The third-order valence-electron chi connectivity index (χ3n) is 3.09. The molecule has 94 valence electrons. The highest BCUT2D eigenvalue weighted by molar-refractivity contribution is 5.92. The van der Waals surface area contributed by atoms with E-state index in [0.29, 0.717) is 12.0 Å². The quantitative estimate of drug-likeness (QED) is 0.458. The van der Waals surface area contributed by atoms with Crippen LogP contribution < -0.4 is 16.0 Å². The van der Waals surface area contributed by atoms with Crippen LogP contribution in [0.25, 0.3) is 0 Å². The Hall–Kier alpha value is -1.56. The van der Waals surface area contributed by atoms with Gasteiger partial charge in [0.25, 0.3) is 0 Å². The van der Waals surface area contributed by atoms with Gasteiger partial charge in [-0.2, -0.15) is 0 Å². The molecule has 0 unspecified atom stereocenters. The van der Waals surface area contributed by atoms with Crippen molar-refractivity contribution in [2.24, 2.45) is 4.99 Å². The van der Waals surface area contributed by atoms with Gasteiger partial charge in [-0.1, -0.05) is 6.42 Å². The van der Waals surface area contributed by atoms with Gasteiger partial charge in [0.15, 0.2) is 11.8 Å². The average Bonchev–Trinajstić information content (AvgIpc) is 2.71. The van der Waals surface area contributed by atoms with Crippen molar-refractivity contribution in [2.45, 2.75) is 31.8 Å².